The summed E-state index contributed by atoms with van der Waals surface area (Å²) in [6, 6.07) is 0. The van der Waals surface area contributed by atoms with Crippen molar-refractivity contribution in [3.63, 3.8) is 0 Å². The van der Waals surface area contributed by atoms with Crippen LogP contribution in [0.15, 0.2) is 12.7 Å². The Morgan fingerprint density at radius 1 is 0.692 bits per heavy atom. The summed E-state index contributed by atoms with van der Waals surface area (Å²) in [5.74, 6) is -32.1. The zero-order valence-corrected chi connectivity index (χ0v) is 12.4. The van der Waals surface area contributed by atoms with Gasteiger partial charge in [-0.1, -0.05) is 6.08 Å². The van der Waals surface area contributed by atoms with Gasteiger partial charge in [-0.2, -0.15) is 57.1 Å². The SMILES string of the molecule is C=CCNS(=O)(=O)C(F)(F)C(F)(F)C(F)(F)C(F)(F)C(F)(F)C(F)(F)F. The largest absolute Gasteiger partial charge is 0.460 e. The van der Waals surface area contributed by atoms with Gasteiger partial charge < -0.3 is 0 Å². The molecule has 0 aromatic heterocycles. The summed E-state index contributed by atoms with van der Waals surface area (Å²) >= 11 is 0. The molecule has 26 heavy (non-hydrogen) atoms. The average Bonchev–Trinajstić information content (AvgIpc) is 2.42. The van der Waals surface area contributed by atoms with Gasteiger partial charge in [-0.25, -0.2) is 13.1 Å². The number of alkyl halides is 13. The summed E-state index contributed by atoms with van der Waals surface area (Å²) in [5, 5.41) is -7.22. The molecule has 0 saturated heterocycles. The molecule has 0 fully saturated rings. The average molecular weight is 439 g/mol. The van der Waals surface area contributed by atoms with Crippen molar-refractivity contribution in [2.75, 3.05) is 6.54 Å². The minimum atomic E-state index is -8.16. The van der Waals surface area contributed by atoms with Crippen molar-refractivity contribution >= 4 is 10.0 Å². The Labute approximate surface area is 135 Å². The van der Waals surface area contributed by atoms with Gasteiger partial charge in [0.05, 0.1) is 0 Å². The van der Waals surface area contributed by atoms with E-state index in [9.17, 15) is 65.5 Å². The Bertz CT molecular complexity index is 636. The predicted molar refractivity (Wildman–Crippen MR) is 57.9 cm³/mol. The third-order valence-corrected chi connectivity index (χ3v) is 4.14. The molecule has 0 bridgehead atoms. The molecule has 17 heteroatoms. The molecule has 0 aromatic carbocycles. The maximum absolute atomic E-state index is 13.2. The van der Waals surface area contributed by atoms with Gasteiger partial charge in [0.25, 0.3) is 10.0 Å². The Hall–Kier alpha value is -1.26. The first-order valence-electron chi connectivity index (χ1n) is 5.62. The highest BCUT2D eigenvalue weighted by atomic mass is 32.2. The highest BCUT2D eigenvalue weighted by Gasteiger charge is 2.92. The van der Waals surface area contributed by atoms with E-state index in [1.807, 2.05) is 0 Å². The second-order valence-corrected chi connectivity index (χ2v) is 6.26. The highest BCUT2D eigenvalue weighted by molar-refractivity contribution is 7.90. The molecule has 0 amide bonds. The minimum Gasteiger partial charge on any atom is -0.206 e. The van der Waals surface area contributed by atoms with Crippen LogP contribution in [0, 0.1) is 0 Å². The second-order valence-electron chi connectivity index (χ2n) is 4.45. The van der Waals surface area contributed by atoms with E-state index in [0.717, 1.165) is 0 Å². The zero-order chi connectivity index (χ0) is 21.6. The van der Waals surface area contributed by atoms with Crippen LogP contribution in [-0.4, -0.2) is 50.1 Å². The van der Waals surface area contributed by atoms with Crippen LogP contribution in [0.5, 0.6) is 0 Å². The number of halogens is 13. The fraction of sp³-hybridized carbons (Fsp3) is 0.778. The molecule has 0 spiro atoms. The lowest BCUT2D eigenvalue weighted by atomic mass is 9.98. The normalized spacial score (nSPS) is 15.9. The molecule has 0 heterocycles. The molecule has 0 aliphatic carbocycles. The van der Waals surface area contributed by atoms with Crippen molar-refractivity contribution < 1.29 is 65.5 Å². The van der Waals surface area contributed by atoms with E-state index in [-0.39, 0.29) is 0 Å². The molecule has 0 unspecified atom stereocenters. The lowest BCUT2D eigenvalue weighted by Crippen LogP contribution is -2.71. The lowest BCUT2D eigenvalue weighted by molar-refractivity contribution is -0.433. The van der Waals surface area contributed by atoms with E-state index in [2.05, 4.69) is 6.58 Å². The first kappa shape index (κ1) is 24.7. The maximum atomic E-state index is 13.2. The summed E-state index contributed by atoms with van der Waals surface area (Å²) in [6.07, 6.45) is -7.17. The van der Waals surface area contributed by atoms with E-state index in [0.29, 0.717) is 10.8 Å². The van der Waals surface area contributed by atoms with Gasteiger partial charge in [-0.05, 0) is 0 Å². The molecule has 0 aliphatic heterocycles. The molecule has 3 nitrogen and oxygen atoms in total. The lowest BCUT2D eigenvalue weighted by Gasteiger charge is -2.39. The van der Waals surface area contributed by atoms with E-state index >= 15 is 0 Å². The van der Waals surface area contributed by atoms with E-state index in [1.165, 1.54) is 0 Å². The fourth-order valence-corrected chi connectivity index (χ4v) is 2.17. The van der Waals surface area contributed by atoms with E-state index < -0.39 is 51.7 Å². The summed E-state index contributed by atoms with van der Waals surface area (Å²) < 4.78 is 188. The number of rotatable bonds is 8. The molecule has 0 aliphatic rings. The highest BCUT2D eigenvalue weighted by Crippen LogP contribution is 2.60. The standard InChI is InChI=1S/C9H6F13NO2S/c1-2-3-23-26(24,25)9(21,22)7(16,17)5(12,13)4(10,11)6(14,15)8(18,19)20/h2,23H,1,3H2. The van der Waals surface area contributed by atoms with Crippen molar-refractivity contribution in [3.05, 3.63) is 12.7 Å². The fourth-order valence-electron chi connectivity index (χ4n) is 1.18. The number of sulfonamides is 1. The Balaban J connectivity index is 6.46. The molecule has 1 N–H and O–H groups in total. The van der Waals surface area contributed by atoms with Crippen molar-refractivity contribution in [3.8, 4) is 0 Å². The van der Waals surface area contributed by atoms with Crippen molar-refractivity contribution in [2.24, 2.45) is 0 Å². The molecule has 156 valence electrons. The van der Waals surface area contributed by atoms with Gasteiger partial charge in [0.15, 0.2) is 0 Å². The first-order chi connectivity index (χ1) is 11.1. The molecule has 0 saturated carbocycles. The summed E-state index contributed by atoms with van der Waals surface area (Å²) in [7, 11) is -6.95. The van der Waals surface area contributed by atoms with Crippen LogP contribution in [-0.2, 0) is 10.0 Å². The van der Waals surface area contributed by atoms with Gasteiger partial charge in [0, 0.05) is 6.54 Å². The molecular weight excluding hydrogens is 433 g/mol. The Morgan fingerprint density at radius 2 is 1.04 bits per heavy atom. The quantitative estimate of drug-likeness (QED) is 0.462. The van der Waals surface area contributed by atoms with Gasteiger partial charge in [0.2, 0.25) is 0 Å². The Kier molecular flexibility index (Phi) is 6.11. The zero-order valence-electron chi connectivity index (χ0n) is 11.6. The molecule has 0 radical (unpaired) electrons. The molecule has 0 atom stereocenters. The number of nitrogens with one attached hydrogen (secondary N) is 1. The van der Waals surface area contributed by atoms with Crippen LogP contribution in [0.25, 0.3) is 0 Å². The maximum Gasteiger partial charge on any atom is 0.460 e. The summed E-state index contributed by atoms with van der Waals surface area (Å²) in [4.78, 5) is 0. The monoisotopic (exact) mass is 439 g/mol. The van der Waals surface area contributed by atoms with Gasteiger partial charge in [-0.3, -0.25) is 0 Å². The third-order valence-electron chi connectivity index (χ3n) is 2.66. The molecule has 0 rings (SSSR count). The third kappa shape index (κ3) is 3.22. The van der Waals surface area contributed by atoms with Gasteiger partial charge in [-0.15, -0.1) is 6.58 Å². The van der Waals surface area contributed by atoms with E-state index in [1.54, 1.807) is 0 Å². The minimum absolute atomic E-state index is 0.399. The van der Waals surface area contributed by atoms with Crippen molar-refractivity contribution in [1.82, 2.24) is 4.72 Å². The van der Waals surface area contributed by atoms with Crippen LogP contribution < -0.4 is 4.72 Å². The number of hydrogen-bond acceptors (Lipinski definition) is 2. The van der Waals surface area contributed by atoms with Gasteiger partial charge in [0.1, 0.15) is 0 Å². The number of hydrogen-bond donors (Lipinski definition) is 1. The van der Waals surface area contributed by atoms with Crippen molar-refractivity contribution in [1.29, 1.82) is 0 Å². The molecular formula is C9H6F13NO2S. The topological polar surface area (TPSA) is 46.2 Å². The van der Waals surface area contributed by atoms with Crippen LogP contribution in [0.3, 0.4) is 0 Å². The summed E-state index contributed by atoms with van der Waals surface area (Å²) in [6.45, 7) is 1.38. The van der Waals surface area contributed by atoms with Crippen molar-refractivity contribution in [2.45, 2.75) is 35.1 Å². The Morgan fingerprint density at radius 3 is 1.35 bits per heavy atom. The van der Waals surface area contributed by atoms with Crippen LogP contribution in [0.1, 0.15) is 0 Å². The second kappa shape index (κ2) is 6.42. The van der Waals surface area contributed by atoms with Crippen LogP contribution in [0.2, 0.25) is 0 Å². The van der Waals surface area contributed by atoms with Crippen LogP contribution in [0.4, 0.5) is 57.1 Å². The van der Waals surface area contributed by atoms with Crippen LogP contribution >= 0.6 is 0 Å². The summed E-state index contributed by atoms with van der Waals surface area (Å²) in [5.41, 5.74) is 0. The van der Waals surface area contributed by atoms with Gasteiger partial charge >= 0.3 is 35.1 Å². The smallest absolute Gasteiger partial charge is 0.206 e. The predicted octanol–water partition coefficient (Wildman–Crippen LogP) is 3.79. The first-order valence-corrected chi connectivity index (χ1v) is 7.10. The molecule has 0 aromatic rings. The van der Waals surface area contributed by atoms with E-state index in [4.69, 9.17) is 0 Å².